The van der Waals surface area contributed by atoms with Gasteiger partial charge < -0.3 is 4.74 Å². The molecule has 2 aromatic carbocycles. The third-order valence-electron chi connectivity index (χ3n) is 3.49. The maximum Gasteiger partial charge on any atom is 0.266 e. The van der Waals surface area contributed by atoms with E-state index in [4.69, 9.17) is 4.74 Å². The monoisotopic (exact) mass is 380 g/mol. The van der Waals surface area contributed by atoms with Crippen LogP contribution in [0, 0.1) is 11.7 Å². The molecule has 0 saturated heterocycles. The van der Waals surface area contributed by atoms with Gasteiger partial charge in [-0.1, -0.05) is 19.9 Å². The van der Waals surface area contributed by atoms with E-state index < -0.39 is 21.7 Å². The van der Waals surface area contributed by atoms with Crippen LogP contribution in [-0.4, -0.2) is 20.9 Å². The maximum atomic E-state index is 13.1. The molecule has 26 heavy (non-hydrogen) atoms. The van der Waals surface area contributed by atoms with Gasteiger partial charge >= 0.3 is 0 Å². The van der Waals surface area contributed by atoms with Crippen LogP contribution in [0.25, 0.3) is 0 Å². The van der Waals surface area contributed by atoms with Crippen LogP contribution in [0.5, 0.6) is 5.75 Å². The number of amides is 1. The molecular formula is C18H21FN2O4S. The minimum Gasteiger partial charge on any atom is -0.494 e. The van der Waals surface area contributed by atoms with E-state index in [2.05, 4.69) is 19.3 Å². The van der Waals surface area contributed by atoms with Crippen molar-refractivity contribution in [1.29, 1.82) is 0 Å². The lowest BCUT2D eigenvalue weighted by atomic mass is 10.1. The summed E-state index contributed by atoms with van der Waals surface area (Å²) in [6.07, 6.45) is 0.921. The van der Waals surface area contributed by atoms with Gasteiger partial charge in [0, 0.05) is 5.56 Å². The third kappa shape index (κ3) is 5.82. The van der Waals surface area contributed by atoms with Crippen LogP contribution in [0.15, 0.2) is 53.4 Å². The Hall–Kier alpha value is -2.45. The quantitative estimate of drug-likeness (QED) is 0.690. The molecule has 0 fully saturated rings. The van der Waals surface area contributed by atoms with Crippen LogP contribution in [0.4, 0.5) is 4.39 Å². The molecule has 6 nitrogen and oxygen atoms in total. The van der Waals surface area contributed by atoms with E-state index in [9.17, 15) is 17.6 Å². The molecule has 0 heterocycles. The molecule has 0 unspecified atom stereocenters. The first-order valence-corrected chi connectivity index (χ1v) is 9.57. The standard InChI is InChI=1S/C18H21FN2O4S/c1-13(2)10-11-25-16-8-6-14(7-9-16)18(22)20-21-26(23,24)17-5-3-4-15(19)12-17/h3-9,12-13,21H,10-11H2,1-2H3,(H,20,22). The first-order valence-electron chi connectivity index (χ1n) is 8.08. The van der Waals surface area contributed by atoms with Crippen molar-refractivity contribution in [3.63, 3.8) is 0 Å². The molecule has 0 aliphatic rings. The van der Waals surface area contributed by atoms with Gasteiger partial charge in [0.25, 0.3) is 15.9 Å². The summed E-state index contributed by atoms with van der Waals surface area (Å²) in [6, 6.07) is 10.8. The van der Waals surface area contributed by atoms with Gasteiger partial charge in [-0.25, -0.2) is 12.8 Å². The Bertz CT molecular complexity index is 852. The van der Waals surface area contributed by atoms with Crippen molar-refractivity contribution in [2.24, 2.45) is 5.92 Å². The summed E-state index contributed by atoms with van der Waals surface area (Å²) < 4.78 is 42.8. The highest BCUT2D eigenvalue weighted by Crippen LogP contribution is 2.14. The van der Waals surface area contributed by atoms with Crippen molar-refractivity contribution in [2.45, 2.75) is 25.2 Å². The zero-order chi connectivity index (χ0) is 19.2. The summed E-state index contributed by atoms with van der Waals surface area (Å²) in [5.41, 5.74) is 2.35. The highest BCUT2D eigenvalue weighted by atomic mass is 32.2. The van der Waals surface area contributed by atoms with E-state index in [1.165, 1.54) is 24.3 Å². The Balaban J connectivity index is 1.93. The summed E-state index contributed by atoms with van der Waals surface area (Å²) in [4.78, 5) is 13.7. The van der Waals surface area contributed by atoms with E-state index in [0.29, 0.717) is 18.3 Å². The molecule has 0 aliphatic heterocycles. The second kappa shape index (κ2) is 8.77. The number of ether oxygens (including phenoxy) is 1. The lowest BCUT2D eigenvalue weighted by Crippen LogP contribution is -2.41. The van der Waals surface area contributed by atoms with E-state index >= 15 is 0 Å². The first-order chi connectivity index (χ1) is 12.3. The zero-order valence-electron chi connectivity index (χ0n) is 14.5. The van der Waals surface area contributed by atoms with Gasteiger partial charge in [0.15, 0.2) is 0 Å². The molecule has 2 rings (SSSR count). The normalized spacial score (nSPS) is 11.4. The van der Waals surface area contributed by atoms with Crippen molar-refractivity contribution in [3.05, 3.63) is 59.9 Å². The molecule has 140 valence electrons. The zero-order valence-corrected chi connectivity index (χ0v) is 15.3. The number of hydrazine groups is 1. The average Bonchev–Trinajstić information content (AvgIpc) is 2.60. The van der Waals surface area contributed by atoms with Crippen molar-refractivity contribution in [2.75, 3.05) is 6.61 Å². The van der Waals surface area contributed by atoms with Crippen LogP contribution in [0.2, 0.25) is 0 Å². The van der Waals surface area contributed by atoms with E-state index in [0.717, 1.165) is 18.6 Å². The minimum absolute atomic E-state index is 0.253. The molecule has 0 radical (unpaired) electrons. The van der Waals surface area contributed by atoms with Gasteiger partial charge in [-0.05, 0) is 54.8 Å². The molecule has 0 aliphatic carbocycles. The molecular weight excluding hydrogens is 359 g/mol. The SMILES string of the molecule is CC(C)CCOc1ccc(C(=O)NNS(=O)(=O)c2cccc(F)c2)cc1. The van der Waals surface area contributed by atoms with Gasteiger partial charge in [0.2, 0.25) is 0 Å². The number of halogens is 1. The highest BCUT2D eigenvalue weighted by Gasteiger charge is 2.16. The second-order valence-corrected chi connectivity index (χ2v) is 7.75. The number of carbonyl (C=O) groups excluding carboxylic acids is 1. The molecule has 0 bridgehead atoms. The number of nitrogens with one attached hydrogen (secondary N) is 2. The Labute approximate surface area is 152 Å². The second-order valence-electron chi connectivity index (χ2n) is 6.07. The third-order valence-corrected chi connectivity index (χ3v) is 4.73. The van der Waals surface area contributed by atoms with Crippen LogP contribution >= 0.6 is 0 Å². The number of rotatable bonds is 8. The van der Waals surface area contributed by atoms with Crippen LogP contribution in [0.1, 0.15) is 30.6 Å². The molecule has 0 spiro atoms. The summed E-state index contributed by atoms with van der Waals surface area (Å²) in [6.45, 7) is 4.78. The van der Waals surface area contributed by atoms with Gasteiger partial charge in [0.05, 0.1) is 11.5 Å². The van der Waals surface area contributed by atoms with Gasteiger partial charge in [0.1, 0.15) is 11.6 Å². The van der Waals surface area contributed by atoms with Crippen molar-refractivity contribution in [1.82, 2.24) is 10.3 Å². The summed E-state index contributed by atoms with van der Waals surface area (Å²) >= 11 is 0. The Morgan fingerprint density at radius 1 is 1.15 bits per heavy atom. The Morgan fingerprint density at radius 2 is 1.85 bits per heavy atom. The maximum absolute atomic E-state index is 13.1. The lowest BCUT2D eigenvalue weighted by molar-refractivity contribution is 0.0945. The predicted octanol–water partition coefficient (Wildman–Crippen LogP) is 2.87. The van der Waals surface area contributed by atoms with Gasteiger partial charge in [-0.15, -0.1) is 4.83 Å². The minimum atomic E-state index is -4.06. The topological polar surface area (TPSA) is 84.5 Å². The fourth-order valence-electron chi connectivity index (χ4n) is 1.99. The van der Waals surface area contributed by atoms with Crippen LogP contribution in [-0.2, 0) is 10.0 Å². The molecule has 0 aromatic heterocycles. The number of benzene rings is 2. The van der Waals surface area contributed by atoms with Gasteiger partial charge in [-0.2, -0.15) is 0 Å². The van der Waals surface area contributed by atoms with Crippen LogP contribution < -0.4 is 15.0 Å². The van der Waals surface area contributed by atoms with E-state index in [1.807, 2.05) is 4.83 Å². The summed E-state index contributed by atoms with van der Waals surface area (Å²) in [5, 5.41) is 0. The van der Waals surface area contributed by atoms with Crippen LogP contribution in [0.3, 0.4) is 0 Å². The molecule has 0 saturated carbocycles. The molecule has 1 amide bonds. The summed E-state index contributed by atoms with van der Waals surface area (Å²) in [5.74, 6) is -0.167. The van der Waals surface area contributed by atoms with Crippen molar-refractivity contribution >= 4 is 15.9 Å². The van der Waals surface area contributed by atoms with Gasteiger partial charge in [-0.3, -0.25) is 10.2 Å². The van der Waals surface area contributed by atoms with E-state index in [-0.39, 0.29) is 10.5 Å². The summed E-state index contributed by atoms with van der Waals surface area (Å²) in [7, 11) is -4.06. The first kappa shape index (κ1) is 19.9. The Morgan fingerprint density at radius 3 is 2.46 bits per heavy atom. The highest BCUT2D eigenvalue weighted by molar-refractivity contribution is 7.89. The Kier molecular flexibility index (Phi) is 6.70. The number of sulfonamides is 1. The van der Waals surface area contributed by atoms with E-state index in [1.54, 1.807) is 12.1 Å². The number of carbonyl (C=O) groups is 1. The molecule has 2 aromatic rings. The number of hydrogen-bond donors (Lipinski definition) is 2. The predicted molar refractivity (Wildman–Crippen MR) is 95.6 cm³/mol. The molecule has 2 N–H and O–H groups in total. The fourth-order valence-corrected chi connectivity index (χ4v) is 2.86. The average molecular weight is 380 g/mol. The smallest absolute Gasteiger partial charge is 0.266 e. The number of hydrogen-bond acceptors (Lipinski definition) is 4. The van der Waals surface area contributed by atoms with Crippen molar-refractivity contribution in [3.8, 4) is 5.75 Å². The lowest BCUT2D eigenvalue weighted by Gasteiger charge is -2.10. The largest absolute Gasteiger partial charge is 0.494 e. The van der Waals surface area contributed by atoms with Crippen molar-refractivity contribution < 1.29 is 22.3 Å². The molecule has 0 atom stereocenters. The molecule has 8 heteroatoms. The fraction of sp³-hybridized carbons (Fsp3) is 0.278.